The molecule has 0 N–H and O–H groups in total. The van der Waals surface area contributed by atoms with Crippen LogP contribution < -0.4 is 0 Å². The lowest BCUT2D eigenvalue weighted by molar-refractivity contribution is -0.123. The minimum Gasteiger partial charge on any atom is -0.345 e. The van der Waals surface area contributed by atoms with Crippen LogP contribution in [0.5, 0.6) is 0 Å². The van der Waals surface area contributed by atoms with Gasteiger partial charge in [0.1, 0.15) is 5.82 Å². The van der Waals surface area contributed by atoms with E-state index in [-0.39, 0.29) is 11.7 Å². The lowest BCUT2D eigenvalue weighted by atomic mass is 10.1. The number of likely N-dealkylation sites (N-methyl/N-ethyl adjacent to an activating group) is 1. The van der Waals surface area contributed by atoms with Crippen molar-refractivity contribution in [1.29, 1.82) is 0 Å². The fourth-order valence-corrected chi connectivity index (χ4v) is 1.90. The van der Waals surface area contributed by atoms with Crippen LogP contribution in [0.25, 0.3) is 5.57 Å². The standard InChI is InChI=1S/C13H14FNO/c1-15(2)13(16)7-10-4-3-9-5-6-11(14)8-12(9)10/h5-8H,3-4H2,1-2H3/b10-7+. The maximum absolute atomic E-state index is 13.1. The highest BCUT2D eigenvalue weighted by atomic mass is 19.1. The molecule has 0 aromatic heterocycles. The van der Waals surface area contributed by atoms with E-state index in [0.717, 1.165) is 29.5 Å². The van der Waals surface area contributed by atoms with Gasteiger partial charge in [0.25, 0.3) is 0 Å². The molecule has 0 heterocycles. The minimum absolute atomic E-state index is 0.0490. The maximum Gasteiger partial charge on any atom is 0.246 e. The number of carbonyl (C=O) groups excluding carboxylic acids is 1. The Morgan fingerprint density at radius 1 is 1.38 bits per heavy atom. The van der Waals surface area contributed by atoms with Crippen molar-refractivity contribution in [1.82, 2.24) is 4.90 Å². The number of hydrogen-bond acceptors (Lipinski definition) is 1. The third-order valence-corrected chi connectivity index (χ3v) is 2.82. The molecule has 0 saturated heterocycles. The van der Waals surface area contributed by atoms with Crippen molar-refractivity contribution in [3.63, 3.8) is 0 Å². The molecule has 0 unspecified atom stereocenters. The Morgan fingerprint density at radius 3 is 2.81 bits per heavy atom. The number of fused-ring (bicyclic) bond motifs is 1. The zero-order valence-corrected chi connectivity index (χ0v) is 9.46. The Hall–Kier alpha value is -1.64. The fraction of sp³-hybridized carbons (Fsp3) is 0.308. The zero-order valence-electron chi connectivity index (χ0n) is 9.46. The number of nitrogens with zero attached hydrogens (tertiary/aromatic N) is 1. The summed E-state index contributed by atoms with van der Waals surface area (Å²) in [5, 5.41) is 0. The van der Waals surface area contributed by atoms with Crippen LogP contribution in [-0.2, 0) is 11.2 Å². The van der Waals surface area contributed by atoms with Crippen LogP contribution >= 0.6 is 0 Å². The van der Waals surface area contributed by atoms with Crippen LogP contribution in [0.3, 0.4) is 0 Å². The summed E-state index contributed by atoms with van der Waals surface area (Å²) in [4.78, 5) is 13.1. The summed E-state index contributed by atoms with van der Waals surface area (Å²) in [7, 11) is 3.42. The first-order valence-corrected chi connectivity index (χ1v) is 5.28. The van der Waals surface area contributed by atoms with E-state index in [2.05, 4.69) is 0 Å². The molecule has 0 saturated carbocycles. The van der Waals surface area contributed by atoms with Crippen molar-refractivity contribution < 1.29 is 9.18 Å². The van der Waals surface area contributed by atoms with Crippen molar-refractivity contribution in [2.45, 2.75) is 12.8 Å². The van der Waals surface area contributed by atoms with E-state index in [4.69, 9.17) is 0 Å². The molecule has 2 nitrogen and oxygen atoms in total. The molecular formula is C13H14FNO. The highest BCUT2D eigenvalue weighted by Gasteiger charge is 2.17. The normalized spacial score (nSPS) is 16.3. The monoisotopic (exact) mass is 219 g/mol. The molecule has 1 aromatic rings. The van der Waals surface area contributed by atoms with E-state index in [1.54, 1.807) is 26.2 Å². The Labute approximate surface area is 94.4 Å². The van der Waals surface area contributed by atoms with E-state index in [0.29, 0.717) is 0 Å². The average Bonchev–Trinajstić information content (AvgIpc) is 2.61. The molecule has 1 aliphatic rings. The molecule has 0 aliphatic heterocycles. The molecular weight excluding hydrogens is 205 g/mol. The van der Waals surface area contributed by atoms with Gasteiger partial charge in [0.15, 0.2) is 0 Å². The number of rotatable bonds is 1. The first kappa shape index (κ1) is 10.9. The summed E-state index contributed by atoms with van der Waals surface area (Å²) in [5.41, 5.74) is 2.95. The van der Waals surface area contributed by atoms with Crippen LogP contribution in [0.15, 0.2) is 24.3 Å². The number of carbonyl (C=O) groups is 1. The number of benzene rings is 1. The molecule has 0 spiro atoms. The lowest BCUT2D eigenvalue weighted by Crippen LogP contribution is -2.19. The van der Waals surface area contributed by atoms with Crippen molar-refractivity contribution in [3.05, 3.63) is 41.2 Å². The number of halogens is 1. The van der Waals surface area contributed by atoms with Gasteiger partial charge in [0, 0.05) is 20.2 Å². The number of aryl methyl sites for hydroxylation is 1. The molecule has 16 heavy (non-hydrogen) atoms. The molecule has 0 bridgehead atoms. The topological polar surface area (TPSA) is 20.3 Å². The van der Waals surface area contributed by atoms with Gasteiger partial charge < -0.3 is 4.90 Å². The van der Waals surface area contributed by atoms with Crippen molar-refractivity contribution in [2.75, 3.05) is 14.1 Å². The maximum atomic E-state index is 13.1. The van der Waals surface area contributed by atoms with Gasteiger partial charge in [-0.15, -0.1) is 0 Å². The van der Waals surface area contributed by atoms with Crippen LogP contribution in [0.1, 0.15) is 17.5 Å². The van der Waals surface area contributed by atoms with Gasteiger partial charge in [-0.05, 0) is 41.7 Å². The van der Waals surface area contributed by atoms with Gasteiger partial charge in [-0.3, -0.25) is 4.79 Å². The summed E-state index contributed by atoms with van der Waals surface area (Å²) < 4.78 is 13.1. The number of allylic oxidation sites excluding steroid dienone is 1. The molecule has 84 valence electrons. The van der Waals surface area contributed by atoms with Crippen LogP contribution in [0, 0.1) is 5.82 Å². The third kappa shape index (κ3) is 1.98. The summed E-state index contributed by atoms with van der Waals surface area (Å²) in [6.45, 7) is 0. The largest absolute Gasteiger partial charge is 0.345 e. The minimum atomic E-state index is -0.246. The second-order valence-corrected chi connectivity index (χ2v) is 4.20. The second kappa shape index (κ2) is 4.08. The average molecular weight is 219 g/mol. The van der Waals surface area contributed by atoms with Gasteiger partial charge >= 0.3 is 0 Å². The van der Waals surface area contributed by atoms with Gasteiger partial charge in [0.2, 0.25) is 5.91 Å². The van der Waals surface area contributed by atoms with Crippen molar-refractivity contribution >= 4 is 11.5 Å². The molecule has 0 radical (unpaired) electrons. The highest BCUT2D eigenvalue weighted by molar-refractivity contribution is 5.96. The Bertz CT molecular complexity index is 463. The molecule has 0 fully saturated rings. The summed E-state index contributed by atoms with van der Waals surface area (Å²) in [6, 6.07) is 4.78. The molecule has 1 aromatic carbocycles. The number of amides is 1. The van der Waals surface area contributed by atoms with Crippen LogP contribution in [-0.4, -0.2) is 24.9 Å². The smallest absolute Gasteiger partial charge is 0.246 e. The molecule has 3 heteroatoms. The second-order valence-electron chi connectivity index (χ2n) is 4.20. The van der Waals surface area contributed by atoms with Gasteiger partial charge in [-0.2, -0.15) is 0 Å². The Balaban J connectivity index is 2.36. The summed E-state index contributed by atoms with van der Waals surface area (Å²) in [5.74, 6) is -0.295. The quantitative estimate of drug-likeness (QED) is 0.663. The van der Waals surface area contributed by atoms with Crippen LogP contribution in [0.4, 0.5) is 4.39 Å². The van der Waals surface area contributed by atoms with E-state index >= 15 is 0 Å². The first-order valence-electron chi connectivity index (χ1n) is 5.28. The predicted molar refractivity (Wildman–Crippen MR) is 61.4 cm³/mol. The van der Waals surface area contributed by atoms with E-state index in [1.165, 1.54) is 17.0 Å². The predicted octanol–water partition coefficient (Wildman–Crippen LogP) is 2.24. The Kier molecular flexibility index (Phi) is 2.77. The third-order valence-electron chi connectivity index (χ3n) is 2.82. The first-order chi connectivity index (χ1) is 7.58. The van der Waals surface area contributed by atoms with Crippen LogP contribution in [0.2, 0.25) is 0 Å². The van der Waals surface area contributed by atoms with Crippen molar-refractivity contribution in [2.24, 2.45) is 0 Å². The lowest BCUT2D eigenvalue weighted by Gasteiger charge is -2.07. The summed E-state index contributed by atoms with van der Waals surface area (Å²) >= 11 is 0. The molecule has 1 amide bonds. The van der Waals surface area contributed by atoms with E-state index < -0.39 is 0 Å². The van der Waals surface area contributed by atoms with Gasteiger partial charge in [-0.1, -0.05) is 6.07 Å². The van der Waals surface area contributed by atoms with Gasteiger partial charge in [0.05, 0.1) is 0 Å². The molecule has 2 rings (SSSR count). The van der Waals surface area contributed by atoms with E-state index in [1.807, 2.05) is 0 Å². The van der Waals surface area contributed by atoms with Gasteiger partial charge in [-0.25, -0.2) is 4.39 Å². The number of hydrogen-bond donors (Lipinski definition) is 0. The van der Waals surface area contributed by atoms with E-state index in [9.17, 15) is 9.18 Å². The summed E-state index contributed by atoms with van der Waals surface area (Å²) in [6.07, 6.45) is 3.31. The molecule has 1 aliphatic carbocycles. The molecule has 0 atom stereocenters. The zero-order chi connectivity index (χ0) is 11.7. The highest BCUT2D eigenvalue weighted by Crippen LogP contribution is 2.32. The fourth-order valence-electron chi connectivity index (χ4n) is 1.90. The SMILES string of the molecule is CN(C)C(=O)/C=C1\CCc2ccc(F)cc21. The Morgan fingerprint density at radius 2 is 2.12 bits per heavy atom. The van der Waals surface area contributed by atoms with Crippen molar-refractivity contribution in [3.8, 4) is 0 Å².